The summed E-state index contributed by atoms with van der Waals surface area (Å²) in [7, 11) is 0. The number of hydrogen-bond acceptors (Lipinski definition) is 4. The van der Waals surface area contributed by atoms with Gasteiger partial charge in [-0.2, -0.15) is 0 Å². The minimum atomic E-state index is -0.676. The molecule has 1 aromatic heterocycles. The van der Waals surface area contributed by atoms with E-state index in [0.29, 0.717) is 26.2 Å². The number of urea groups is 1. The van der Waals surface area contributed by atoms with Crippen molar-refractivity contribution in [3.63, 3.8) is 0 Å². The van der Waals surface area contributed by atoms with E-state index in [0.717, 1.165) is 46.0 Å². The SMILES string of the molecule is O=C(Nc1cc(F)ccc1F)N1CCN(c2ccc(-c3cccc4ccccc34)nn2)CC1. The number of anilines is 2. The fraction of sp³-hybridized carbons (Fsp3) is 0.160. The zero-order valence-corrected chi connectivity index (χ0v) is 17.7. The minimum Gasteiger partial charge on any atom is -0.352 e. The van der Waals surface area contributed by atoms with E-state index in [2.05, 4.69) is 33.7 Å². The smallest absolute Gasteiger partial charge is 0.322 e. The number of benzene rings is 3. The number of rotatable bonds is 3. The molecular formula is C25H21F2N5O. The highest BCUT2D eigenvalue weighted by Gasteiger charge is 2.23. The van der Waals surface area contributed by atoms with Crippen LogP contribution in [0.3, 0.4) is 0 Å². The number of nitrogens with one attached hydrogen (secondary N) is 1. The molecule has 33 heavy (non-hydrogen) atoms. The van der Waals surface area contributed by atoms with Gasteiger partial charge in [-0.25, -0.2) is 13.6 Å². The molecule has 5 rings (SSSR count). The molecule has 0 radical (unpaired) electrons. The first-order valence-corrected chi connectivity index (χ1v) is 10.7. The highest BCUT2D eigenvalue weighted by atomic mass is 19.1. The summed E-state index contributed by atoms with van der Waals surface area (Å²) in [5.41, 5.74) is 1.65. The van der Waals surface area contributed by atoms with E-state index in [9.17, 15) is 13.6 Å². The number of fused-ring (bicyclic) bond motifs is 1. The highest BCUT2D eigenvalue weighted by Crippen LogP contribution is 2.27. The lowest BCUT2D eigenvalue weighted by Crippen LogP contribution is -2.50. The third kappa shape index (κ3) is 4.32. The summed E-state index contributed by atoms with van der Waals surface area (Å²) < 4.78 is 27.1. The summed E-state index contributed by atoms with van der Waals surface area (Å²) in [6.45, 7) is 1.97. The number of amides is 2. The summed E-state index contributed by atoms with van der Waals surface area (Å²) in [5, 5.41) is 13.6. The van der Waals surface area contributed by atoms with Crippen LogP contribution in [0.1, 0.15) is 0 Å². The van der Waals surface area contributed by atoms with E-state index in [1.54, 1.807) is 4.90 Å². The predicted octanol–water partition coefficient (Wildman–Crippen LogP) is 4.93. The van der Waals surface area contributed by atoms with Crippen molar-refractivity contribution in [2.24, 2.45) is 0 Å². The molecular weight excluding hydrogens is 424 g/mol. The lowest BCUT2D eigenvalue weighted by atomic mass is 10.0. The van der Waals surface area contributed by atoms with E-state index in [-0.39, 0.29) is 5.69 Å². The topological polar surface area (TPSA) is 61.4 Å². The zero-order chi connectivity index (χ0) is 22.8. The van der Waals surface area contributed by atoms with Crippen LogP contribution in [0, 0.1) is 11.6 Å². The van der Waals surface area contributed by atoms with Crippen LogP contribution in [0.5, 0.6) is 0 Å². The van der Waals surface area contributed by atoms with Gasteiger partial charge in [0, 0.05) is 37.8 Å². The Morgan fingerprint density at radius 2 is 1.64 bits per heavy atom. The Hall–Kier alpha value is -4.07. The van der Waals surface area contributed by atoms with Gasteiger partial charge < -0.3 is 15.1 Å². The summed E-state index contributed by atoms with van der Waals surface area (Å²) >= 11 is 0. The Balaban J connectivity index is 1.24. The quantitative estimate of drug-likeness (QED) is 0.486. The van der Waals surface area contributed by atoms with Crippen molar-refractivity contribution in [1.82, 2.24) is 15.1 Å². The molecule has 1 N–H and O–H groups in total. The van der Waals surface area contributed by atoms with E-state index >= 15 is 0 Å². The second-order valence-corrected chi connectivity index (χ2v) is 7.83. The van der Waals surface area contributed by atoms with Crippen LogP contribution in [0.15, 0.2) is 72.8 Å². The normalized spacial score (nSPS) is 13.9. The molecule has 6 nitrogen and oxygen atoms in total. The Bertz CT molecular complexity index is 1300. The number of halogens is 2. The molecule has 0 unspecified atom stereocenters. The molecule has 1 aliphatic heterocycles. The second-order valence-electron chi connectivity index (χ2n) is 7.83. The van der Waals surface area contributed by atoms with Gasteiger partial charge in [0.15, 0.2) is 5.82 Å². The summed E-state index contributed by atoms with van der Waals surface area (Å²) in [5.74, 6) is -0.554. The monoisotopic (exact) mass is 445 g/mol. The van der Waals surface area contributed by atoms with Gasteiger partial charge in [-0.15, -0.1) is 10.2 Å². The van der Waals surface area contributed by atoms with Gasteiger partial charge in [-0.05, 0) is 35.0 Å². The van der Waals surface area contributed by atoms with Crippen molar-refractivity contribution in [3.05, 3.63) is 84.4 Å². The van der Waals surface area contributed by atoms with Crippen molar-refractivity contribution in [3.8, 4) is 11.3 Å². The molecule has 0 spiro atoms. The number of carbonyl (C=O) groups is 1. The fourth-order valence-corrected chi connectivity index (χ4v) is 4.01. The molecule has 0 saturated carbocycles. The van der Waals surface area contributed by atoms with Gasteiger partial charge in [0.2, 0.25) is 0 Å². The first-order valence-electron chi connectivity index (χ1n) is 10.7. The van der Waals surface area contributed by atoms with Gasteiger partial charge >= 0.3 is 6.03 Å². The number of carbonyl (C=O) groups excluding carboxylic acids is 1. The van der Waals surface area contributed by atoms with Crippen LogP contribution in [0.25, 0.3) is 22.0 Å². The van der Waals surface area contributed by atoms with Gasteiger partial charge in [-0.1, -0.05) is 42.5 Å². The number of nitrogens with zero attached hydrogens (tertiary/aromatic N) is 4. The van der Waals surface area contributed by atoms with Gasteiger partial charge in [-0.3, -0.25) is 0 Å². The van der Waals surface area contributed by atoms with E-state index in [1.807, 2.05) is 41.3 Å². The molecule has 4 aromatic rings. The lowest BCUT2D eigenvalue weighted by Gasteiger charge is -2.35. The highest BCUT2D eigenvalue weighted by molar-refractivity contribution is 5.95. The standard InChI is InChI=1S/C25H21F2N5O/c26-18-8-9-21(27)23(16-18)28-25(33)32-14-12-31(13-15-32)24-11-10-22(29-30-24)20-7-3-5-17-4-1-2-6-19(17)20/h1-11,16H,12-15H2,(H,28,33). The average molecular weight is 445 g/mol. The van der Waals surface area contributed by atoms with Crippen molar-refractivity contribution < 1.29 is 13.6 Å². The van der Waals surface area contributed by atoms with Crippen molar-refractivity contribution in [1.29, 1.82) is 0 Å². The van der Waals surface area contributed by atoms with Crippen molar-refractivity contribution in [2.45, 2.75) is 0 Å². The summed E-state index contributed by atoms with van der Waals surface area (Å²) in [6, 6.07) is 20.7. The van der Waals surface area contributed by atoms with E-state index in [4.69, 9.17) is 0 Å². The maximum absolute atomic E-state index is 13.8. The molecule has 1 aliphatic rings. The van der Waals surface area contributed by atoms with Crippen LogP contribution in [0.4, 0.5) is 25.1 Å². The molecule has 166 valence electrons. The van der Waals surface area contributed by atoms with Gasteiger partial charge in [0.1, 0.15) is 11.6 Å². The number of hydrogen-bond donors (Lipinski definition) is 1. The predicted molar refractivity (Wildman–Crippen MR) is 124 cm³/mol. The average Bonchev–Trinajstić information content (AvgIpc) is 2.86. The molecule has 2 amide bonds. The molecule has 8 heteroatoms. The zero-order valence-electron chi connectivity index (χ0n) is 17.7. The molecule has 1 saturated heterocycles. The Morgan fingerprint density at radius 1 is 0.848 bits per heavy atom. The van der Waals surface area contributed by atoms with E-state index < -0.39 is 17.7 Å². The Labute approximate surface area is 189 Å². The molecule has 2 heterocycles. The first-order chi connectivity index (χ1) is 16.1. The van der Waals surface area contributed by atoms with Crippen LogP contribution in [0.2, 0.25) is 0 Å². The van der Waals surface area contributed by atoms with Crippen LogP contribution in [-0.4, -0.2) is 47.3 Å². The fourth-order valence-electron chi connectivity index (χ4n) is 4.01. The third-order valence-electron chi connectivity index (χ3n) is 5.78. The Kier molecular flexibility index (Phi) is 5.56. The number of aromatic nitrogens is 2. The summed E-state index contributed by atoms with van der Waals surface area (Å²) in [6.07, 6.45) is 0. The van der Waals surface area contributed by atoms with Crippen molar-refractivity contribution in [2.75, 3.05) is 36.4 Å². The molecule has 1 fully saturated rings. The Morgan fingerprint density at radius 3 is 2.42 bits per heavy atom. The maximum atomic E-state index is 13.8. The molecule has 3 aromatic carbocycles. The van der Waals surface area contributed by atoms with Crippen molar-refractivity contribution >= 4 is 28.3 Å². The molecule has 0 atom stereocenters. The van der Waals surface area contributed by atoms with Gasteiger partial charge in [0.05, 0.1) is 11.4 Å². The second kappa shape index (κ2) is 8.82. The maximum Gasteiger partial charge on any atom is 0.322 e. The van der Waals surface area contributed by atoms with Crippen LogP contribution < -0.4 is 10.2 Å². The summed E-state index contributed by atoms with van der Waals surface area (Å²) in [4.78, 5) is 16.1. The van der Waals surface area contributed by atoms with Crippen LogP contribution in [-0.2, 0) is 0 Å². The largest absolute Gasteiger partial charge is 0.352 e. The minimum absolute atomic E-state index is 0.169. The van der Waals surface area contributed by atoms with E-state index in [1.165, 1.54) is 0 Å². The molecule has 0 aliphatic carbocycles. The third-order valence-corrected chi connectivity index (χ3v) is 5.78. The van der Waals surface area contributed by atoms with Gasteiger partial charge in [0.25, 0.3) is 0 Å². The number of piperazine rings is 1. The molecule has 0 bridgehead atoms. The first kappa shape index (κ1) is 20.8. The van der Waals surface area contributed by atoms with Crippen LogP contribution >= 0.6 is 0 Å². The lowest BCUT2D eigenvalue weighted by molar-refractivity contribution is 0.208.